The molecule has 0 fully saturated rings. The summed E-state index contributed by atoms with van der Waals surface area (Å²) in [5.74, 6) is 0.139. The Morgan fingerprint density at radius 1 is 0.875 bits per heavy atom. The number of nitrogens with zero attached hydrogens (tertiary/aromatic N) is 3. The molecule has 0 bridgehead atoms. The third kappa shape index (κ3) is 4.32. The molecule has 0 saturated heterocycles. The van der Waals surface area contributed by atoms with Gasteiger partial charge in [0.05, 0.1) is 16.3 Å². The molecular weight excluding hydrogens is 424 g/mol. The zero-order chi connectivity index (χ0) is 22.7. The van der Waals surface area contributed by atoms with Crippen molar-refractivity contribution in [2.24, 2.45) is 0 Å². The Bertz CT molecular complexity index is 1330. The Labute approximate surface area is 187 Å². The van der Waals surface area contributed by atoms with Crippen molar-refractivity contribution in [3.63, 3.8) is 0 Å². The molecule has 0 atom stereocenters. The summed E-state index contributed by atoms with van der Waals surface area (Å²) in [5, 5.41) is 7.58. The highest BCUT2D eigenvalue weighted by molar-refractivity contribution is 7.89. The third-order valence-electron chi connectivity index (χ3n) is 4.92. The number of nitrogens with one attached hydrogen (secondary N) is 1. The van der Waals surface area contributed by atoms with Crippen LogP contribution in [0.15, 0.2) is 95.9 Å². The second-order valence-corrected chi connectivity index (χ2v) is 9.45. The van der Waals surface area contributed by atoms with Crippen molar-refractivity contribution in [2.45, 2.75) is 4.90 Å². The maximum atomic E-state index is 12.9. The van der Waals surface area contributed by atoms with Crippen LogP contribution in [0, 0.1) is 0 Å². The number of carbonyl (C=O) groups excluding carboxylic acids is 1. The molecule has 8 heteroatoms. The first kappa shape index (κ1) is 21.5. The standard InChI is InChI=1S/C24H22N4O3S/c1-27(2)32(30,31)21-15-13-19(14-16-21)24(29)25-23-17-22(18-9-5-3-6-10-18)26-28(23)20-11-7-4-8-12-20/h3-17H,1-2H3,(H,25,29). The Hall–Kier alpha value is -3.75. The number of aromatic nitrogens is 2. The van der Waals surface area contributed by atoms with E-state index in [9.17, 15) is 13.2 Å². The SMILES string of the molecule is CN(C)S(=O)(=O)c1ccc(C(=O)Nc2cc(-c3ccccc3)nn2-c2ccccc2)cc1. The summed E-state index contributed by atoms with van der Waals surface area (Å²) in [6.07, 6.45) is 0. The van der Waals surface area contributed by atoms with Crippen LogP contribution < -0.4 is 5.32 Å². The van der Waals surface area contributed by atoms with Crippen LogP contribution in [0.5, 0.6) is 0 Å². The molecule has 1 N–H and O–H groups in total. The monoisotopic (exact) mass is 446 g/mol. The fourth-order valence-electron chi connectivity index (χ4n) is 3.16. The largest absolute Gasteiger partial charge is 0.306 e. The fourth-order valence-corrected chi connectivity index (χ4v) is 4.07. The van der Waals surface area contributed by atoms with Crippen molar-refractivity contribution >= 4 is 21.7 Å². The lowest BCUT2D eigenvalue weighted by atomic mass is 10.1. The molecule has 0 saturated carbocycles. The summed E-state index contributed by atoms with van der Waals surface area (Å²) in [6.45, 7) is 0. The lowest BCUT2D eigenvalue weighted by Gasteiger charge is -2.12. The molecule has 3 aromatic carbocycles. The van der Waals surface area contributed by atoms with E-state index in [1.807, 2.05) is 66.7 Å². The van der Waals surface area contributed by atoms with Crippen molar-refractivity contribution < 1.29 is 13.2 Å². The lowest BCUT2D eigenvalue weighted by molar-refractivity contribution is 0.102. The van der Waals surface area contributed by atoms with Gasteiger partial charge in [-0.05, 0) is 36.4 Å². The van der Waals surface area contributed by atoms with E-state index in [2.05, 4.69) is 10.4 Å². The first-order valence-electron chi connectivity index (χ1n) is 9.91. The first-order chi connectivity index (χ1) is 15.4. The molecule has 1 amide bonds. The van der Waals surface area contributed by atoms with Crippen molar-refractivity contribution in [3.8, 4) is 16.9 Å². The highest BCUT2D eigenvalue weighted by atomic mass is 32.2. The van der Waals surface area contributed by atoms with E-state index in [-0.39, 0.29) is 10.8 Å². The lowest BCUT2D eigenvalue weighted by Crippen LogP contribution is -2.22. The third-order valence-corrected chi connectivity index (χ3v) is 6.75. The quantitative estimate of drug-likeness (QED) is 0.484. The van der Waals surface area contributed by atoms with Gasteiger partial charge in [0.1, 0.15) is 5.82 Å². The van der Waals surface area contributed by atoms with Gasteiger partial charge in [-0.1, -0.05) is 48.5 Å². The van der Waals surface area contributed by atoms with E-state index in [4.69, 9.17) is 0 Å². The minimum atomic E-state index is -3.56. The van der Waals surface area contributed by atoms with Crippen LogP contribution in [0.1, 0.15) is 10.4 Å². The van der Waals surface area contributed by atoms with Crippen LogP contribution >= 0.6 is 0 Å². The number of para-hydroxylation sites is 1. The summed E-state index contributed by atoms with van der Waals surface area (Å²) in [6, 6.07) is 26.8. The van der Waals surface area contributed by atoms with Gasteiger partial charge in [-0.3, -0.25) is 4.79 Å². The van der Waals surface area contributed by atoms with E-state index in [0.717, 1.165) is 21.2 Å². The Kier molecular flexibility index (Phi) is 5.89. The van der Waals surface area contributed by atoms with Gasteiger partial charge in [-0.25, -0.2) is 17.4 Å². The molecule has 4 rings (SSSR count). The summed E-state index contributed by atoms with van der Waals surface area (Å²) >= 11 is 0. The van der Waals surface area contributed by atoms with Gasteiger partial charge in [0.15, 0.2) is 0 Å². The first-order valence-corrected chi connectivity index (χ1v) is 11.3. The predicted octanol–water partition coefficient (Wildman–Crippen LogP) is 4.04. The number of amides is 1. The van der Waals surface area contributed by atoms with E-state index in [1.54, 1.807) is 4.68 Å². The molecule has 0 radical (unpaired) electrons. The van der Waals surface area contributed by atoms with Gasteiger partial charge in [-0.15, -0.1) is 0 Å². The average molecular weight is 447 g/mol. The van der Waals surface area contributed by atoms with E-state index < -0.39 is 10.0 Å². The fraction of sp³-hybridized carbons (Fsp3) is 0.0833. The molecule has 0 unspecified atom stereocenters. The zero-order valence-electron chi connectivity index (χ0n) is 17.6. The second-order valence-electron chi connectivity index (χ2n) is 7.29. The summed E-state index contributed by atoms with van der Waals surface area (Å²) in [4.78, 5) is 13.1. The summed E-state index contributed by atoms with van der Waals surface area (Å²) in [7, 11) is -0.634. The highest BCUT2D eigenvalue weighted by Gasteiger charge is 2.19. The number of benzene rings is 3. The van der Waals surface area contributed by atoms with Gasteiger partial charge in [0, 0.05) is 31.3 Å². The van der Waals surface area contributed by atoms with E-state index >= 15 is 0 Å². The Balaban J connectivity index is 1.66. The number of hydrogen-bond acceptors (Lipinski definition) is 4. The van der Waals surface area contributed by atoms with Crippen molar-refractivity contribution in [1.29, 1.82) is 0 Å². The van der Waals surface area contributed by atoms with Gasteiger partial charge >= 0.3 is 0 Å². The predicted molar refractivity (Wildman–Crippen MR) is 124 cm³/mol. The molecule has 162 valence electrons. The molecule has 0 aliphatic rings. The number of hydrogen-bond donors (Lipinski definition) is 1. The van der Waals surface area contributed by atoms with Crippen LogP contribution in [0.2, 0.25) is 0 Å². The number of rotatable bonds is 6. The summed E-state index contributed by atoms with van der Waals surface area (Å²) in [5.41, 5.74) is 2.79. The molecule has 1 aromatic heterocycles. The molecular formula is C24H22N4O3S. The smallest absolute Gasteiger partial charge is 0.256 e. The molecule has 4 aromatic rings. The Morgan fingerprint density at radius 2 is 1.47 bits per heavy atom. The number of sulfonamides is 1. The topological polar surface area (TPSA) is 84.3 Å². The number of carbonyl (C=O) groups is 1. The maximum Gasteiger partial charge on any atom is 0.256 e. The van der Waals surface area contributed by atoms with Crippen molar-refractivity contribution in [2.75, 3.05) is 19.4 Å². The maximum absolute atomic E-state index is 12.9. The van der Waals surface area contributed by atoms with E-state index in [0.29, 0.717) is 11.4 Å². The number of anilines is 1. The van der Waals surface area contributed by atoms with Gasteiger partial charge in [0.2, 0.25) is 10.0 Å². The van der Waals surface area contributed by atoms with Crippen molar-refractivity contribution in [3.05, 3.63) is 96.6 Å². The van der Waals surface area contributed by atoms with Gasteiger partial charge in [-0.2, -0.15) is 5.10 Å². The van der Waals surface area contributed by atoms with Crippen LogP contribution in [-0.2, 0) is 10.0 Å². The van der Waals surface area contributed by atoms with Crippen LogP contribution in [0.3, 0.4) is 0 Å². The summed E-state index contributed by atoms with van der Waals surface area (Å²) < 4.78 is 27.3. The Morgan fingerprint density at radius 3 is 2.06 bits per heavy atom. The van der Waals surface area contributed by atoms with Crippen LogP contribution in [-0.4, -0.2) is 42.5 Å². The molecule has 0 aliphatic heterocycles. The molecule has 0 spiro atoms. The minimum Gasteiger partial charge on any atom is -0.306 e. The normalized spacial score (nSPS) is 11.5. The van der Waals surface area contributed by atoms with Crippen LogP contribution in [0.4, 0.5) is 5.82 Å². The second kappa shape index (κ2) is 8.78. The van der Waals surface area contributed by atoms with Gasteiger partial charge < -0.3 is 5.32 Å². The highest BCUT2D eigenvalue weighted by Crippen LogP contribution is 2.25. The average Bonchev–Trinajstić information content (AvgIpc) is 3.24. The molecule has 0 aliphatic carbocycles. The van der Waals surface area contributed by atoms with Crippen LogP contribution in [0.25, 0.3) is 16.9 Å². The van der Waals surface area contributed by atoms with E-state index in [1.165, 1.54) is 38.4 Å². The zero-order valence-corrected chi connectivity index (χ0v) is 18.5. The molecule has 7 nitrogen and oxygen atoms in total. The molecule has 1 heterocycles. The van der Waals surface area contributed by atoms with Gasteiger partial charge in [0.25, 0.3) is 5.91 Å². The van der Waals surface area contributed by atoms with Crippen molar-refractivity contribution in [1.82, 2.24) is 14.1 Å². The molecule has 32 heavy (non-hydrogen) atoms. The minimum absolute atomic E-state index is 0.125.